The zero-order valence-electron chi connectivity index (χ0n) is 19.4. The van der Waals surface area contributed by atoms with Gasteiger partial charge in [0, 0.05) is 0 Å². The first-order valence-electron chi connectivity index (χ1n) is 12.1. The summed E-state index contributed by atoms with van der Waals surface area (Å²) in [4.78, 5) is 25.3. The Bertz CT molecular complexity index is 928. The molecular formula is C28H34O5. The molecule has 5 nitrogen and oxygen atoms in total. The zero-order valence-corrected chi connectivity index (χ0v) is 19.4. The maximum atomic E-state index is 12.7. The summed E-state index contributed by atoms with van der Waals surface area (Å²) < 4.78 is 11.7. The van der Waals surface area contributed by atoms with E-state index in [9.17, 15) is 14.7 Å². The summed E-state index contributed by atoms with van der Waals surface area (Å²) in [6.45, 7) is 4.58. The van der Waals surface area contributed by atoms with E-state index in [-0.39, 0.29) is 41.9 Å². The highest BCUT2D eigenvalue weighted by molar-refractivity contribution is 5.89. The van der Waals surface area contributed by atoms with Crippen molar-refractivity contribution in [1.82, 2.24) is 0 Å². The van der Waals surface area contributed by atoms with Crippen LogP contribution in [-0.4, -0.2) is 35.9 Å². The molecule has 1 unspecified atom stereocenters. The Morgan fingerprint density at radius 2 is 1.45 bits per heavy atom. The maximum Gasteiger partial charge on any atom is 0.338 e. The topological polar surface area (TPSA) is 72.8 Å². The van der Waals surface area contributed by atoms with Crippen LogP contribution in [-0.2, 0) is 9.47 Å². The highest BCUT2D eigenvalue weighted by atomic mass is 16.5. The largest absolute Gasteiger partial charge is 0.462 e. The Hall–Kier alpha value is -2.66. The third kappa shape index (κ3) is 5.47. The van der Waals surface area contributed by atoms with Gasteiger partial charge in [-0.25, -0.2) is 9.59 Å². The van der Waals surface area contributed by atoms with E-state index in [2.05, 4.69) is 13.8 Å². The monoisotopic (exact) mass is 450 g/mol. The fraction of sp³-hybridized carbons (Fsp3) is 0.500. The standard InChI is InChI=1S/C28H34O5/c1-18-15-23-19(2)25(29)16-24(23)22(17-32-27(30)20-9-5-3-6-10-20)13-14-26(18)33-28(31)21-11-7-4-8-12-21/h3-12,18-19,22-26,29H,13-17H2,1-2H3/t18-,19-,22-,23-,24-,25?,26-/m1/s1. The Morgan fingerprint density at radius 1 is 0.848 bits per heavy atom. The van der Waals surface area contributed by atoms with Crippen LogP contribution in [0.4, 0.5) is 0 Å². The lowest BCUT2D eigenvalue weighted by atomic mass is 9.71. The molecule has 0 aromatic heterocycles. The third-order valence-corrected chi connectivity index (χ3v) is 7.76. The molecule has 2 aromatic rings. The number of carbonyl (C=O) groups is 2. The van der Waals surface area contributed by atoms with Gasteiger partial charge in [-0.2, -0.15) is 0 Å². The number of aliphatic hydroxyl groups is 1. The fourth-order valence-electron chi connectivity index (χ4n) is 5.74. The number of ether oxygens (including phenoxy) is 2. The van der Waals surface area contributed by atoms with Crippen LogP contribution < -0.4 is 0 Å². The van der Waals surface area contributed by atoms with E-state index in [1.807, 2.05) is 36.4 Å². The number of carbonyl (C=O) groups excluding carboxylic acids is 2. The van der Waals surface area contributed by atoms with Crippen molar-refractivity contribution in [3.8, 4) is 0 Å². The molecule has 2 saturated carbocycles. The van der Waals surface area contributed by atoms with Gasteiger partial charge in [0.2, 0.25) is 0 Å². The molecule has 0 amide bonds. The van der Waals surface area contributed by atoms with Crippen LogP contribution in [0.1, 0.15) is 60.2 Å². The number of aliphatic hydroxyl groups excluding tert-OH is 1. The molecule has 0 radical (unpaired) electrons. The summed E-state index contributed by atoms with van der Waals surface area (Å²) in [6.07, 6.45) is 2.60. The van der Waals surface area contributed by atoms with Crippen LogP contribution in [0.15, 0.2) is 60.7 Å². The zero-order chi connectivity index (χ0) is 23.4. The van der Waals surface area contributed by atoms with Crippen molar-refractivity contribution in [3.05, 3.63) is 71.8 Å². The van der Waals surface area contributed by atoms with Crippen LogP contribution in [0, 0.1) is 29.6 Å². The van der Waals surface area contributed by atoms with Crippen LogP contribution in [0.5, 0.6) is 0 Å². The van der Waals surface area contributed by atoms with Crippen molar-refractivity contribution in [2.45, 2.75) is 51.7 Å². The molecule has 0 heterocycles. The number of hydrogen-bond donors (Lipinski definition) is 1. The molecule has 5 heteroatoms. The molecule has 7 atom stereocenters. The van der Waals surface area contributed by atoms with Gasteiger partial charge in [-0.05, 0) is 79.5 Å². The molecule has 2 aliphatic carbocycles. The first-order chi connectivity index (χ1) is 15.9. The molecule has 0 aliphatic heterocycles. The average Bonchev–Trinajstić information content (AvgIpc) is 3.11. The van der Waals surface area contributed by atoms with Crippen molar-refractivity contribution in [3.63, 3.8) is 0 Å². The van der Waals surface area contributed by atoms with Crippen molar-refractivity contribution < 1.29 is 24.2 Å². The average molecular weight is 451 g/mol. The van der Waals surface area contributed by atoms with Crippen molar-refractivity contribution in [2.75, 3.05) is 6.61 Å². The van der Waals surface area contributed by atoms with E-state index in [0.717, 1.165) is 25.7 Å². The molecule has 1 N–H and O–H groups in total. The summed E-state index contributed by atoms with van der Waals surface area (Å²) in [5.41, 5.74) is 1.10. The smallest absolute Gasteiger partial charge is 0.338 e. The second-order valence-electron chi connectivity index (χ2n) is 9.81. The second kappa shape index (κ2) is 10.5. The van der Waals surface area contributed by atoms with Gasteiger partial charge in [-0.15, -0.1) is 0 Å². The van der Waals surface area contributed by atoms with Gasteiger partial charge in [0.15, 0.2) is 0 Å². The first-order valence-corrected chi connectivity index (χ1v) is 12.1. The Kier molecular flexibility index (Phi) is 7.49. The predicted molar refractivity (Wildman–Crippen MR) is 126 cm³/mol. The van der Waals surface area contributed by atoms with Gasteiger partial charge in [-0.1, -0.05) is 50.2 Å². The lowest BCUT2D eigenvalue weighted by molar-refractivity contribution is -0.0113. The van der Waals surface area contributed by atoms with Crippen LogP contribution >= 0.6 is 0 Å². The number of fused-ring (bicyclic) bond motifs is 1. The summed E-state index contributed by atoms with van der Waals surface area (Å²) in [7, 11) is 0. The van der Waals surface area contributed by atoms with Gasteiger partial charge in [-0.3, -0.25) is 0 Å². The molecule has 4 rings (SSSR count). The van der Waals surface area contributed by atoms with Crippen LogP contribution in [0.25, 0.3) is 0 Å². The van der Waals surface area contributed by atoms with Crippen LogP contribution in [0.3, 0.4) is 0 Å². The minimum absolute atomic E-state index is 0.132. The van der Waals surface area contributed by atoms with E-state index in [4.69, 9.17) is 9.47 Å². The van der Waals surface area contributed by atoms with E-state index in [1.165, 1.54) is 0 Å². The fourth-order valence-corrected chi connectivity index (χ4v) is 5.74. The van der Waals surface area contributed by atoms with Gasteiger partial charge >= 0.3 is 11.9 Å². The number of esters is 2. The molecule has 2 fully saturated rings. The first kappa shape index (κ1) is 23.5. The second-order valence-corrected chi connectivity index (χ2v) is 9.81. The summed E-state index contributed by atoms with van der Waals surface area (Å²) in [5.74, 6) is 0.504. The van der Waals surface area contributed by atoms with Crippen molar-refractivity contribution in [1.29, 1.82) is 0 Å². The van der Waals surface area contributed by atoms with E-state index in [1.54, 1.807) is 24.3 Å². The molecule has 0 saturated heterocycles. The van der Waals surface area contributed by atoms with Gasteiger partial charge in [0.05, 0.1) is 23.8 Å². The highest BCUT2D eigenvalue weighted by Gasteiger charge is 2.46. The van der Waals surface area contributed by atoms with Gasteiger partial charge < -0.3 is 14.6 Å². The highest BCUT2D eigenvalue weighted by Crippen LogP contribution is 2.48. The summed E-state index contributed by atoms with van der Waals surface area (Å²) in [6, 6.07) is 18.1. The van der Waals surface area contributed by atoms with E-state index < -0.39 is 0 Å². The molecule has 2 aliphatic rings. The molecular weight excluding hydrogens is 416 g/mol. The lowest BCUT2D eigenvalue weighted by Crippen LogP contribution is -2.36. The minimum Gasteiger partial charge on any atom is -0.462 e. The normalized spacial score (nSPS) is 31.7. The minimum atomic E-state index is -0.344. The molecule has 2 aromatic carbocycles. The van der Waals surface area contributed by atoms with Crippen LogP contribution in [0.2, 0.25) is 0 Å². The number of benzene rings is 2. The SMILES string of the molecule is C[C@@H]1C[C@H]2[C@H](CC(O)[C@@H]2C)[C@@H](COC(=O)c2ccccc2)CC[C@H]1OC(=O)c1ccccc1. The van der Waals surface area contributed by atoms with Gasteiger partial charge in [0.1, 0.15) is 6.10 Å². The van der Waals surface area contributed by atoms with Crippen molar-refractivity contribution in [2.24, 2.45) is 29.6 Å². The number of hydrogen-bond acceptors (Lipinski definition) is 5. The predicted octanol–water partition coefficient (Wildman–Crippen LogP) is 5.14. The van der Waals surface area contributed by atoms with E-state index in [0.29, 0.717) is 29.6 Å². The molecule has 0 bridgehead atoms. The Morgan fingerprint density at radius 3 is 2.09 bits per heavy atom. The third-order valence-electron chi connectivity index (χ3n) is 7.76. The molecule has 0 spiro atoms. The Balaban J connectivity index is 1.47. The molecule has 176 valence electrons. The van der Waals surface area contributed by atoms with Crippen molar-refractivity contribution >= 4 is 11.9 Å². The number of rotatable bonds is 5. The summed E-state index contributed by atoms with van der Waals surface area (Å²) in [5, 5.41) is 10.6. The molecule has 33 heavy (non-hydrogen) atoms. The quantitative estimate of drug-likeness (QED) is 0.639. The van der Waals surface area contributed by atoms with E-state index >= 15 is 0 Å². The Labute approximate surface area is 196 Å². The van der Waals surface area contributed by atoms with Gasteiger partial charge in [0.25, 0.3) is 0 Å². The lowest BCUT2D eigenvalue weighted by Gasteiger charge is -2.37. The maximum absolute atomic E-state index is 12.7. The summed E-state index contributed by atoms with van der Waals surface area (Å²) >= 11 is 0.